The summed E-state index contributed by atoms with van der Waals surface area (Å²) in [5.74, 6) is 3.60. The number of allylic oxidation sites excluding steroid dienone is 3. The van der Waals surface area contributed by atoms with E-state index in [0.29, 0.717) is 10.0 Å². The molecule has 5 aromatic carbocycles. The van der Waals surface area contributed by atoms with Gasteiger partial charge in [0.15, 0.2) is 0 Å². The normalized spacial score (nSPS) is 13.4. The molecule has 6 rings (SSSR count). The molecule has 1 heterocycles. The summed E-state index contributed by atoms with van der Waals surface area (Å²) in [7, 11) is 0. The first-order chi connectivity index (χ1) is 23.5. The maximum Gasteiger partial charge on any atom is 2.00 e. The zero-order chi connectivity index (χ0) is 34.9. The maximum atomic E-state index is 7.12. The van der Waals surface area contributed by atoms with Crippen molar-refractivity contribution in [2.45, 2.75) is 48.5 Å². The fourth-order valence-electron chi connectivity index (χ4n) is 7.63. The molecule has 0 amide bonds. The summed E-state index contributed by atoms with van der Waals surface area (Å²) in [5, 5.41) is 4.67. The Bertz CT molecular complexity index is 1980. The van der Waals surface area contributed by atoms with Gasteiger partial charge in [-0.1, -0.05) is 143 Å². The van der Waals surface area contributed by atoms with Crippen LogP contribution in [0.1, 0.15) is 40.3 Å². The van der Waals surface area contributed by atoms with Crippen LogP contribution in [0.2, 0.25) is 10.0 Å². The molecule has 2 nitrogen and oxygen atoms in total. The van der Waals surface area contributed by atoms with Crippen molar-refractivity contribution in [2.75, 3.05) is 22.9 Å². The van der Waals surface area contributed by atoms with E-state index in [0.717, 1.165) is 24.0 Å². The maximum absolute atomic E-state index is 7.12. The van der Waals surface area contributed by atoms with E-state index in [9.17, 15) is 0 Å². The molecule has 1 saturated heterocycles. The van der Waals surface area contributed by atoms with E-state index in [-0.39, 0.29) is 19.5 Å². The van der Waals surface area contributed by atoms with E-state index in [2.05, 4.69) is 167 Å². The molecule has 1 fully saturated rings. The summed E-state index contributed by atoms with van der Waals surface area (Å²) < 4.78 is 0. The summed E-state index contributed by atoms with van der Waals surface area (Å²) in [4.78, 5) is 5.04. The van der Waals surface area contributed by atoms with Crippen LogP contribution in [0.3, 0.4) is 0 Å². The Balaban J connectivity index is 0.00000486. The predicted octanol–water partition coefficient (Wildman–Crippen LogP) is 10.8. The number of anilines is 2. The van der Waals surface area contributed by atoms with Gasteiger partial charge < -0.3 is 9.80 Å². The minimum absolute atomic E-state index is 0. The third kappa shape index (κ3) is 7.35. The predicted molar refractivity (Wildman–Crippen MR) is 219 cm³/mol. The van der Waals surface area contributed by atoms with Crippen LogP contribution in [0.5, 0.6) is 0 Å². The molecule has 0 aliphatic carbocycles. The Labute approximate surface area is 322 Å². The first-order valence-electron chi connectivity index (χ1n) is 16.9. The fraction of sp³-hybridized carbons (Fsp3) is 0.205. The van der Waals surface area contributed by atoms with Gasteiger partial charge in [0, 0.05) is 29.8 Å². The molecule has 0 atom stereocenters. The topological polar surface area (TPSA) is 6.48 Å². The van der Waals surface area contributed by atoms with Gasteiger partial charge in [-0.25, -0.2) is 0 Å². The Hall–Kier alpha value is -3.32. The standard InChI is InChI=1S/C44H45Cl2N2P.Ru/c1-30(21-24-49(37-15-10-8-11-16-37,38-17-12-9-13-18-38)40-20-14-19-39(45)42(40)46)29-41-47(43-33(4)25-31(2)26-34(43)5)22-23-48(41)44-35(6)27-32(3)28-36(44)7;/h8-21,24-29H,22-23H2,1-7H3;/q;+2. The number of halogens is 2. The Morgan fingerprint density at radius 3 is 1.50 bits per heavy atom. The van der Waals surface area contributed by atoms with Crippen LogP contribution in [0, 0.1) is 41.5 Å². The van der Waals surface area contributed by atoms with Gasteiger partial charge in [-0.05, 0) is 106 Å². The van der Waals surface area contributed by atoms with E-state index < -0.39 is 6.89 Å². The summed E-state index contributed by atoms with van der Waals surface area (Å²) in [5.41, 5.74) is 11.5. The number of benzene rings is 5. The van der Waals surface area contributed by atoms with E-state index in [1.807, 2.05) is 12.1 Å². The monoisotopic (exact) mass is 804 g/mol. The Morgan fingerprint density at radius 2 is 1.06 bits per heavy atom. The smallest absolute Gasteiger partial charge is 0.325 e. The Morgan fingerprint density at radius 1 is 0.620 bits per heavy atom. The van der Waals surface area contributed by atoms with Gasteiger partial charge in [0.2, 0.25) is 0 Å². The van der Waals surface area contributed by atoms with Gasteiger partial charge in [0.05, 0.1) is 10.0 Å². The molecule has 0 aromatic heterocycles. The van der Waals surface area contributed by atoms with Crippen LogP contribution in [-0.2, 0) is 19.5 Å². The third-order valence-corrected chi connectivity index (χ3v) is 14.4. The molecular formula is C44H45Cl2N2PRu+2. The minimum atomic E-state index is -2.38. The number of aryl methyl sites for hydroxylation is 6. The zero-order valence-electron chi connectivity index (χ0n) is 29.9. The first kappa shape index (κ1) is 37.9. The van der Waals surface area contributed by atoms with Crippen molar-refractivity contribution in [3.05, 3.63) is 170 Å². The average molecular weight is 805 g/mol. The summed E-state index contributed by atoms with van der Waals surface area (Å²) in [6.07, 6.45) is 4.67. The molecule has 50 heavy (non-hydrogen) atoms. The molecule has 6 heteroatoms. The van der Waals surface area contributed by atoms with Crippen molar-refractivity contribution in [3.8, 4) is 0 Å². The molecule has 0 bridgehead atoms. The molecule has 1 aliphatic heterocycles. The van der Waals surface area contributed by atoms with Crippen molar-refractivity contribution >= 4 is 63.2 Å². The quantitative estimate of drug-likeness (QED) is 0.119. The number of hydrogen-bond acceptors (Lipinski definition) is 2. The van der Waals surface area contributed by atoms with Crippen LogP contribution >= 0.6 is 30.1 Å². The molecule has 0 unspecified atom stereocenters. The fourth-order valence-corrected chi connectivity index (χ4v) is 12.3. The van der Waals surface area contributed by atoms with Crippen LogP contribution in [0.15, 0.2) is 127 Å². The zero-order valence-corrected chi connectivity index (χ0v) is 34.1. The first-order valence-corrected chi connectivity index (χ1v) is 19.5. The van der Waals surface area contributed by atoms with E-state index in [1.165, 1.54) is 61.2 Å². The van der Waals surface area contributed by atoms with Crippen molar-refractivity contribution in [1.82, 2.24) is 0 Å². The second kappa shape index (κ2) is 15.9. The van der Waals surface area contributed by atoms with Gasteiger partial charge in [-0.2, -0.15) is 0 Å². The van der Waals surface area contributed by atoms with Crippen molar-refractivity contribution in [3.63, 3.8) is 0 Å². The van der Waals surface area contributed by atoms with Gasteiger partial charge >= 0.3 is 19.5 Å². The summed E-state index contributed by atoms with van der Waals surface area (Å²) in [6.45, 7) is 15.0. The van der Waals surface area contributed by atoms with Crippen LogP contribution in [-0.4, -0.2) is 18.9 Å². The van der Waals surface area contributed by atoms with Crippen LogP contribution in [0.25, 0.3) is 0 Å². The number of hydrogen-bond donors (Lipinski definition) is 0. The van der Waals surface area contributed by atoms with Gasteiger partial charge in [-0.15, -0.1) is 0 Å². The van der Waals surface area contributed by atoms with Crippen molar-refractivity contribution < 1.29 is 19.5 Å². The second-order valence-electron chi connectivity index (χ2n) is 13.3. The van der Waals surface area contributed by atoms with E-state index >= 15 is 0 Å². The molecular weight excluding hydrogens is 759 g/mol. The largest absolute Gasteiger partial charge is 2.00 e. The summed E-state index contributed by atoms with van der Waals surface area (Å²) >= 11 is 13.8. The number of rotatable bonds is 7. The van der Waals surface area contributed by atoms with Crippen molar-refractivity contribution in [2.24, 2.45) is 0 Å². The van der Waals surface area contributed by atoms with E-state index in [1.54, 1.807) is 0 Å². The molecule has 5 aromatic rings. The molecule has 1 aliphatic rings. The average Bonchev–Trinajstić information content (AvgIpc) is 3.45. The Kier molecular flexibility index (Phi) is 12.1. The molecule has 0 N–H and O–H groups in total. The van der Waals surface area contributed by atoms with Crippen LogP contribution < -0.4 is 25.7 Å². The van der Waals surface area contributed by atoms with Gasteiger partial charge in [0.25, 0.3) is 0 Å². The second-order valence-corrected chi connectivity index (χ2v) is 17.4. The SMILES string of the molecule is CC(=CC=P(c1ccccc1)(c1ccccc1)c1cccc(Cl)c1Cl)C=C1N(c2c(C)cc(C)cc2C)CCN1c1c(C)cc(C)cc1C.[Ru+2]. The van der Waals surface area contributed by atoms with Gasteiger partial charge in [-0.3, -0.25) is 0 Å². The summed E-state index contributed by atoms with van der Waals surface area (Å²) in [6, 6.07) is 36.7. The van der Waals surface area contributed by atoms with E-state index in [4.69, 9.17) is 23.2 Å². The van der Waals surface area contributed by atoms with Crippen LogP contribution in [0.4, 0.5) is 11.4 Å². The third-order valence-electron chi connectivity index (χ3n) is 9.47. The minimum Gasteiger partial charge on any atom is -0.325 e. The molecule has 256 valence electrons. The van der Waals surface area contributed by atoms with Crippen molar-refractivity contribution in [1.29, 1.82) is 0 Å². The molecule has 0 spiro atoms. The molecule has 0 saturated carbocycles. The number of nitrogens with zero attached hydrogens (tertiary/aromatic N) is 2. The molecule has 0 radical (unpaired) electrons. The van der Waals surface area contributed by atoms with Gasteiger partial charge in [0.1, 0.15) is 5.82 Å².